The first-order chi connectivity index (χ1) is 20.0. The normalized spacial score (nSPS) is 15.8. The van der Waals surface area contributed by atoms with Gasteiger partial charge in [0.15, 0.2) is 11.5 Å². The van der Waals surface area contributed by atoms with Crippen LogP contribution in [0.5, 0.6) is 17.2 Å². The third-order valence-corrected chi connectivity index (χ3v) is 7.72. The van der Waals surface area contributed by atoms with Gasteiger partial charge in [-0.15, -0.1) is 0 Å². The minimum atomic E-state index is -0.0503. The zero-order valence-electron chi connectivity index (χ0n) is 25.0. The summed E-state index contributed by atoms with van der Waals surface area (Å²) in [7, 11) is 4.70. The summed E-state index contributed by atoms with van der Waals surface area (Å²) in [4.78, 5) is 18.5. The summed E-state index contributed by atoms with van der Waals surface area (Å²) in [5, 5.41) is 0. The zero-order chi connectivity index (χ0) is 29.0. The number of methoxy groups -OCH3 is 3. The summed E-state index contributed by atoms with van der Waals surface area (Å²) in [6, 6.07) is 24.5. The van der Waals surface area contributed by atoms with Crippen LogP contribution < -0.4 is 14.2 Å². The third kappa shape index (κ3) is 8.61. The molecule has 0 bridgehead atoms. The standard InChI is InChI=1S/C35H44N2O4/c1-27(21-28-13-7-5-8-14-28)25-37(35(38)31-23-32(39-2)34(41-4)33(24-31)40-3)20-12-19-36-18-11-17-30(26-36)22-29-15-9-6-10-16-29/h5-10,13-16,21,23-24,30H,11-12,17-20,22,25-26H2,1-4H3/b27-21+. The number of hydrogen-bond acceptors (Lipinski definition) is 5. The van der Waals surface area contributed by atoms with E-state index in [-0.39, 0.29) is 5.91 Å². The predicted octanol–water partition coefficient (Wildman–Crippen LogP) is 6.60. The largest absolute Gasteiger partial charge is 0.493 e. The second-order valence-electron chi connectivity index (χ2n) is 10.9. The van der Waals surface area contributed by atoms with Crippen molar-refractivity contribution in [3.63, 3.8) is 0 Å². The fourth-order valence-corrected chi connectivity index (χ4v) is 5.77. The van der Waals surface area contributed by atoms with Gasteiger partial charge in [0.2, 0.25) is 5.75 Å². The molecule has 0 spiro atoms. The maximum atomic E-state index is 13.9. The Labute approximate surface area is 245 Å². The quantitative estimate of drug-likeness (QED) is 0.237. The molecule has 1 aliphatic heterocycles. The van der Waals surface area contributed by atoms with Gasteiger partial charge in [-0.05, 0) is 74.9 Å². The second-order valence-corrected chi connectivity index (χ2v) is 10.9. The molecule has 1 amide bonds. The van der Waals surface area contributed by atoms with Gasteiger partial charge in [-0.2, -0.15) is 0 Å². The highest BCUT2D eigenvalue weighted by molar-refractivity contribution is 5.96. The average molecular weight is 557 g/mol. The molecule has 0 saturated carbocycles. The molecule has 1 atom stereocenters. The number of benzene rings is 3. The first-order valence-electron chi connectivity index (χ1n) is 14.6. The molecule has 3 aromatic rings. The van der Waals surface area contributed by atoms with E-state index in [1.165, 1.54) is 18.4 Å². The van der Waals surface area contributed by atoms with E-state index < -0.39 is 0 Å². The van der Waals surface area contributed by atoms with Gasteiger partial charge in [-0.25, -0.2) is 0 Å². The zero-order valence-corrected chi connectivity index (χ0v) is 25.0. The van der Waals surface area contributed by atoms with Crippen LogP contribution in [-0.4, -0.2) is 69.8 Å². The van der Waals surface area contributed by atoms with Crippen molar-refractivity contribution in [3.05, 3.63) is 95.1 Å². The minimum absolute atomic E-state index is 0.0503. The molecule has 0 N–H and O–H groups in total. The molecule has 1 saturated heterocycles. The number of piperidine rings is 1. The van der Waals surface area contributed by atoms with Crippen molar-refractivity contribution < 1.29 is 19.0 Å². The van der Waals surface area contributed by atoms with Crippen LogP contribution in [-0.2, 0) is 6.42 Å². The summed E-state index contributed by atoms with van der Waals surface area (Å²) in [5.74, 6) is 2.06. The summed E-state index contributed by atoms with van der Waals surface area (Å²) in [6.45, 7) is 6.51. The Morgan fingerprint density at radius 3 is 2.24 bits per heavy atom. The number of ether oxygens (including phenoxy) is 3. The van der Waals surface area contributed by atoms with Crippen molar-refractivity contribution in [1.29, 1.82) is 0 Å². The van der Waals surface area contributed by atoms with Gasteiger partial charge in [0.25, 0.3) is 5.91 Å². The van der Waals surface area contributed by atoms with E-state index in [0.29, 0.717) is 41.8 Å². The van der Waals surface area contributed by atoms with Crippen LogP contribution in [0.25, 0.3) is 6.08 Å². The van der Waals surface area contributed by atoms with Crippen LogP contribution >= 0.6 is 0 Å². The van der Waals surface area contributed by atoms with Crippen LogP contribution in [0, 0.1) is 5.92 Å². The maximum Gasteiger partial charge on any atom is 0.254 e. The molecule has 4 rings (SSSR count). The van der Waals surface area contributed by atoms with Crippen LogP contribution in [0.1, 0.15) is 47.7 Å². The number of rotatable bonds is 13. The SMILES string of the molecule is COc1cc(C(=O)N(CCCN2CCCC(Cc3ccccc3)C2)C/C(C)=C/c2ccccc2)cc(OC)c1OC. The van der Waals surface area contributed by atoms with Gasteiger partial charge in [0, 0.05) is 25.2 Å². The predicted molar refractivity (Wildman–Crippen MR) is 166 cm³/mol. The first kappa shape index (κ1) is 30.2. The molecule has 0 aliphatic carbocycles. The van der Waals surface area contributed by atoms with E-state index in [0.717, 1.165) is 43.6 Å². The Morgan fingerprint density at radius 2 is 1.61 bits per heavy atom. The molecule has 0 radical (unpaired) electrons. The number of carbonyl (C=O) groups is 1. The molecule has 6 nitrogen and oxygen atoms in total. The molecule has 1 aliphatic rings. The van der Waals surface area contributed by atoms with Crippen LogP contribution in [0.2, 0.25) is 0 Å². The number of amides is 1. The van der Waals surface area contributed by atoms with Gasteiger partial charge in [0.05, 0.1) is 21.3 Å². The van der Waals surface area contributed by atoms with E-state index in [4.69, 9.17) is 14.2 Å². The van der Waals surface area contributed by atoms with Crippen molar-refractivity contribution in [2.45, 2.75) is 32.6 Å². The summed E-state index contributed by atoms with van der Waals surface area (Å²) in [5.41, 5.74) is 4.19. The smallest absolute Gasteiger partial charge is 0.254 e. The average Bonchev–Trinajstić information content (AvgIpc) is 3.00. The van der Waals surface area contributed by atoms with Crippen LogP contribution in [0.3, 0.4) is 0 Å². The third-order valence-electron chi connectivity index (χ3n) is 7.72. The second kappa shape index (κ2) is 15.3. The van der Waals surface area contributed by atoms with Crippen molar-refractivity contribution in [3.8, 4) is 17.2 Å². The monoisotopic (exact) mass is 556 g/mol. The molecule has 1 fully saturated rings. The number of likely N-dealkylation sites (tertiary alicyclic amines) is 1. The lowest BCUT2D eigenvalue weighted by molar-refractivity contribution is 0.0757. The van der Waals surface area contributed by atoms with Gasteiger partial charge < -0.3 is 24.0 Å². The number of hydrogen-bond donors (Lipinski definition) is 0. The van der Waals surface area contributed by atoms with E-state index in [1.807, 2.05) is 23.1 Å². The molecule has 0 aromatic heterocycles. The van der Waals surface area contributed by atoms with E-state index in [2.05, 4.69) is 60.4 Å². The number of carbonyl (C=O) groups excluding carboxylic acids is 1. The van der Waals surface area contributed by atoms with Crippen molar-refractivity contribution in [1.82, 2.24) is 9.80 Å². The summed E-state index contributed by atoms with van der Waals surface area (Å²) in [6.07, 6.45) is 6.69. The van der Waals surface area contributed by atoms with Gasteiger partial charge in [-0.3, -0.25) is 4.79 Å². The lowest BCUT2D eigenvalue weighted by Crippen LogP contribution is -2.39. The molecule has 1 unspecified atom stereocenters. The Hall–Kier alpha value is -3.77. The van der Waals surface area contributed by atoms with E-state index in [9.17, 15) is 4.79 Å². The maximum absolute atomic E-state index is 13.9. The molecular weight excluding hydrogens is 512 g/mol. The molecule has 218 valence electrons. The minimum Gasteiger partial charge on any atom is -0.493 e. The van der Waals surface area contributed by atoms with Gasteiger partial charge in [-0.1, -0.05) is 72.3 Å². The lowest BCUT2D eigenvalue weighted by atomic mass is 9.91. The van der Waals surface area contributed by atoms with Crippen LogP contribution in [0.4, 0.5) is 0 Å². The highest BCUT2D eigenvalue weighted by Crippen LogP contribution is 2.38. The van der Waals surface area contributed by atoms with Gasteiger partial charge in [0.1, 0.15) is 0 Å². The Balaban J connectivity index is 1.46. The lowest BCUT2D eigenvalue weighted by Gasteiger charge is -2.33. The highest BCUT2D eigenvalue weighted by Gasteiger charge is 2.23. The highest BCUT2D eigenvalue weighted by atomic mass is 16.5. The molecule has 6 heteroatoms. The fourth-order valence-electron chi connectivity index (χ4n) is 5.77. The molecule has 1 heterocycles. The van der Waals surface area contributed by atoms with Gasteiger partial charge >= 0.3 is 0 Å². The summed E-state index contributed by atoms with van der Waals surface area (Å²) < 4.78 is 16.5. The van der Waals surface area contributed by atoms with Crippen LogP contribution in [0.15, 0.2) is 78.4 Å². The molecular formula is C35H44N2O4. The molecule has 41 heavy (non-hydrogen) atoms. The molecule has 3 aromatic carbocycles. The van der Waals surface area contributed by atoms with Crippen molar-refractivity contribution >= 4 is 12.0 Å². The Bertz CT molecular complexity index is 1250. The van der Waals surface area contributed by atoms with Crippen molar-refractivity contribution in [2.24, 2.45) is 5.92 Å². The summed E-state index contributed by atoms with van der Waals surface area (Å²) >= 11 is 0. The van der Waals surface area contributed by atoms with E-state index >= 15 is 0 Å². The Morgan fingerprint density at radius 1 is 0.951 bits per heavy atom. The van der Waals surface area contributed by atoms with Crippen molar-refractivity contribution in [2.75, 3.05) is 54.1 Å². The Kier molecular flexibility index (Phi) is 11.3. The number of nitrogens with zero attached hydrogens (tertiary/aromatic N) is 2. The van der Waals surface area contributed by atoms with E-state index in [1.54, 1.807) is 33.5 Å². The first-order valence-corrected chi connectivity index (χ1v) is 14.6. The topological polar surface area (TPSA) is 51.2 Å². The fraction of sp³-hybridized carbons (Fsp3) is 0.400.